The largest absolute Gasteiger partial charge is 0.472 e. The summed E-state index contributed by atoms with van der Waals surface area (Å²) < 4.78 is 4.99. The Balaban J connectivity index is 1.36. The molecule has 148 valence electrons. The zero-order valence-corrected chi connectivity index (χ0v) is 16.2. The lowest BCUT2D eigenvalue weighted by atomic mass is 9.95. The van der Waals surface area contributed by atoms with Gasteiger partial charge in [0.15, 0.2) is 0 Å². The molecule has 5 nitrogen and oxygen atoms in total. The molecule has 2 heterocycles. The Morgan fingerprint density at radius 2 is 1.69 bits per heavy atom. The number of piperidine rings is 1. The number of rotatable bonds is 5. The zero-order valence-electron chi connectivity index (χ0n) is 16.2. The monoisotopic (exact) mass is 388 g/mol. The Kier molecular flexibility index (Phi) is 5.75. The Hall–Kier alpha value is -3.34. The normalized spacial score (nSPS) is 14.6. The SMILES string of the molecule is O=C(Nc1ccccc1Cc1ccccc1)C1CCN(C(=O)c2ccoc2)CC1. The van der Waals surface area contributed by atoms with E-state index >= 15 is 0 Å². The molecule has 1 fully saturated rings. The summed E-state index contributed by atoms with van der Waals surface area (Å²) in [6, 6.07) is 19.8. The lowest BCUT2D eigenvalue weighted by Gasteiger charge is -2.31. The van der Waals surface area contributed by atoms with Crippen LogP contribution in [0.4, 0.5) is 5.69 Å². The first-order valence-corrected chi connectivity index (χ1v) is 9.95. The summed E-state index contributed by atoms with van der Waals surface area (Å²) in [4.78, 5) is 27.0. The molecular weight excluding hydrogens is 364 g/mol. The van der Waals surface area contributed by atoms with E-state index in [4.69, 9.17) is 4.42 Å². The van der Waals surface area contributed by atoms with Crippen molar-refractivity contribution >= 4 is 17.5 Å². The molecule has 2 amide bonds. The summed E-state index contributed by atoms with van der Waals surface area (Å²) in [5.41, 5.74) is 3.72. The lowest BCUT2D eigenvalue weighted by molar-refractivity contribution is -0.121. The van der Waals surface area contributed by atoms with Crippen molar-refractivity contribution in [3.63, 3.8) is 0 Å². The number of anilines is 1. The summed E-state index contributed by atoms with van der Waals surface area (Å²) in [7, 11) is 0. The third-order valence-electron chi connectivity index (χ3n) is 5.43. The van der Waals surface area contributed by atoms with Crippen LogP contribution in [0.3, 0.4) is 0 Å². The molecule has 1 N–H and O–H groups in total. The van der Waals surface area contributed by atoms with E-state index in [0.717, 1.165) is 17.7 Å². The zero-order chi connectivity index (χ0) is 20.1. The minimum Gasteiger partial charge on any atom is -0.472 e. The van der Waals surface area contributed by atoms with Crippen LogP contribution in [0.25, 0.3) is 0 Å². The van der Waals surface area contributed by atoms with E-state index in [1.54, 1.807) is 11.0 Å². The number of nitrogens with one attached hydrogen (secondary N) is 1. The molecule has 0 spiro atoms. The van der Waals surface area contributed by atoms with E-state index in [1.807, 2.05) is 36.4 Å². The minimum absolute atomic E-state index is 0.0286. The molecule has 1 aliphatic rings. The number of likely N-dealkylation sites (tertiary alicyclic amines) is 1. The van der Waals surface area contributed by atoms with Crippen molar-refractivity contribution in [1.29, 1.82) is 0 Å². The predicted molar refractivity (Wildman–Crippen MR) is 112 cm³/mol. The third-order valence-corrected chi connectivity index (χ3v) is 5.43. The van der Waals surface area contributed by atoms with E-state index in [2.05, 4.69) is 23.5 Å². The fraction of sp³-hybridized carbons (Fsp3) is 0.250. The highest BCUT2D eigenvalue weighted by atomic mass is 16.3. The van der Waals surface area contributed by atoms with Gasteiger partial charge in [-0.3, -0.25) is 9.59 Å². The second-order valence-electron chi connectivity index (χ2n) is 7.39. The van der Waals surface area contributed by atoms with Crippen LogP contribution in [0.2, 0.25) is 0 Å². The smallest absolute Gasteiger partial charge is 0.257 e. The maximum absolute atomic E-state index is 12.8. The van der Waals surface area contributed by atoms with Crippen LogP contribution >= 0.6 is 0 Å². The van der Waals surface area contributed by atoms with Gasteiger partial charge in [0.2, 0.25) is 5.91 Å². The summed E-state index contributed by atoms with van der Waals surface area (Å²) in [5.74, 6) is -0.0973. The molecule has 0 radical (unpaired) electrons. The number of para-hydroxylation sites is 1. The lowest BCUT2D eigenvalue weighted by Crippen LogP contribution is -2.41. The van der Waals surface area contributed by atoms with E-state index in [-0.39, 0.29) is 17.7 Å². The van der Waals surface area contributed by atoms with Crippen molar-refractivity contribution in [3.8, 4) is 0 Å². The van der Waals surface area contributed by atoms with Gasteiger partial charge in [0.05, 0.1) is 11.8 Å². The highest BCUT2D eigenvalue weighted by molar-refractivity contribution is 5.95. The third kappa shape index (κ3) is 4.57. The van der Waals surface area contributed by atoms with Crippen LogP contribution < -0.4 is 5.32 Å². The van der Waals surface area contributed by atoms with E-state index < -0.39 is 0 Å². The van der Waals surface area contributed by atoms with Gasteiger partial charge < -0.3 is 14.6 Å². The van der Waals surface area contributed by atoms with Gasteiger partial charge in [-0.25, -0.2) is 0 Å². The molecule has 0 unspecified atom stereocenters. The molecule has 1 saturated heterocycles. The molecule has 0 bridgehead atoms. The first-order chi connectivity index (χ1) is 14.2. The van der Waals surface area contributed by atoms with Gasteiger partial charge >= 0.3 is 0 Å². The van der Waals surface area contributed by atoms with E-state index in [0.29, 0.717) is 31.5 Å². The minimum atomic E-state index is -0.0896. The van der Waals surface area contributed by atoms with Gasteiger partial charge in [0, 0.05) is 24.7 Å². The first-order valence-electron chi connectivity index (χ1n) is 9.95. The van der Waals surface area contributed by atoms with Gasteiger partial charge in [0.1, 0.15) is 6.26 Å². The van der Waals surface area contributed by atoms with Crippen LogP contribution in [0, 0.1) is 5.92 Å². The number of hydrogen-bond donors (Lipinski definition) is 1. The summed E-state index contributed by atoms with van der Waals surface area (Å²) in [5, 5.41) is 3.11. The topological polar surface area (TPSA) is 62.6 Å². The van der Waals surface area contributed by atoms with E-state index in [1.165, 1.54) is 18.1 Å². The Bertz CT molecular complexity index is 959. The second-order valence-corrected chi connectivity index (χ2v) is 7.39. The maximum Gasteiger partial charge on any atom is 0.257 e. The number of benzene rings is 2. The first kappa shape index (κ1) is 19.0. The summed E-state index contributed by atoms with van der Waals surface area (Å²) in [6.45, 7) is 1.15. The van der Waals surface area contributed by atoms with Crippen molar-refractivity contribution < 1.29 is 14.0 Å². The van der Waals surface area contributed by atoms with Crippen molar-refractivity contribution in [1.82, 2.24) is 4.90 Å². The van der Waals surface area contributed by atoms with Crippen LogP contribution in [-0.4, -0.2) is 29.8 Å². The maximum atomic E-state index is 12.8. The molecule has 0 atom stereocenters. The summed E-state index contributed by atoms with van der Waals surface area (Å²) >= 11 is 0. The molecule has 0 saturated carbocycles. The van der Waals surface area contributed by atoms with Gasteiger partial charge in [-0.2, -0.15) is 0 Å². The number of nitrogens with zero attached hydrogens (tertiary/aromatic N) is 1. The van der Waals surface area contributed by atoms with Crippen LogP contribution in [0.1, 0.15) is 34.3 Å². The Morgan fingerprint density at radius 3 is 2.41 bits per heavy atom. The average Bonchev–Trinajstić information content (AvgIpc) is 3.30. The molecule has 4 rings (SSSR count). The molecular formula is C24H24N2O3. The van der Waals surface area contributed by atoms with Gasteiger partial charge in [0.25, 0.3) is 5.91 Å². The van der Waals surface area contributed by atoms with Gasteiger partial charge in [-0.1, -0.05) is 48.5 Å². The second kappa shape index (κ2) is 8.78. The highest BCUT2D eigenvalue weighted by Gasteiger charge is 2.28. The number of hydrogen-bond acceptors (Lipinski definition) is 3. The number of carbonyl (C=O) groups excluding carboxylic acids is 2. The standard InChI is InChI=1S/C24H24N2O3/c27-23(19-10-13-26(14-11-19)24(28)21-12-15-29-17-21)25-22-9-5-4-8-20(22)16-18-6-2-1-3-7-18/h1-9,12,15,17,19H,10-11,13-14,16H2,(H,25,27). The molecule has 3 aromatic rings. The van der Waals surface area contributed by atoms with Crippen molar-refractivity contribution in [2.24, 2.45) is 5.92 Å². The van der Waals surface area contributed by atoms with Crippen molar-refractivity contribution in [3.05, 3.63) is 89.9 Å². The summed E-state index contributed by atoms with van der Waals surface area (Å²) in [6.07, 6.45) is 5.06. The van der Waals surface area contributed by atoms with Crippen molar-refractivity contribution in [2.45, 2.75) is 19.3 Å². The quantitative estimate of drug-likeness (QED) is 0.706. The molecule has 1 aliphatic heterocycles. The van der Waals surface area contributed by atoms with Crippen LogP contribution in [0.5, 0.6) is 0 Å². The van der Waals surface area contributed by atoms with Gasteiger partial charge in [-0.15, -0.1) is 0 Å². The van der Waals surface area contributed by atoms with Gasteiger partial charge in [-0.05, 0) is 42.5 Å². The fourth-order valence-electron chi connectivity index (χ4n) is 3.76. The number of carbonyl (C=O) groups is 2. The average molecular weight is 388 g/mol. The Morgan fingerprint density at radius 1 is 0.966 bits per heavy atom. The molecule has 5 heteroatoms. The molecule has 2 aromatic carbocycles. The van der Waals surface area contributed by atoms with Crippen LogP contribution in [-0.2, 0) is 11.2 Å². The molecule has 29 heavy (non-hydrogen) atoms. The van der Waals surface area contributed by atoms with Crippen LogP contribution in [0.15, 0.2) is 77.6 Å². The fourth-order valence-corrected chi connectivity index (χ4v) is 3.76. The Labute approximate surface area is 170 Å². The molecule has 0 aliphatic carbocycles. The number of amides is 2. The molecule has 1 aromatic heterocycles. The highest BCUT2D eigenvalue weighted by Crippen LogP contribution is 2.24. The van der Waals surface area contributed by atoms with E-state index in [9.17, 15) is 9.59 Å². The number of furan rings is 1. The van der Waals surface area contributed by atoms with Crippen molar-refractivity contribution in [2.75, 3.05) is 18.4 Å². The predicted octanol–water partition coefficient (Wildman–Crippen LogP) is 4.36.